The third kappa shape index (κ3) is 3.39. The second kappa shape index (κ2) is 6.68. The first-order valence-electron chi connectivity index (χ1n) is 6.94. The first-order chi connectivity index (χ1) is 10.3. The molecule has 0 unspecified atom stereocenters. The van der Waals surface area contributed by atoms with Crippen molar-refractivity contribution in [1.82, 2.24) is 0 Å². The predicted molar refractivity (Wildman–Crippen MR) is 85.6 cm³/mol. The molecular formula is C17H17NO2S. The normalized spacial score (nSPS) is 14.0. The molecule has 108 valence electrons. The number of thioether (sulfide) groups is 1. The molecule has 0 aromatic heterocycles. The van der Waals surface area contributed by atoms with Crippen LogP contribution >= 0.6 is 11.8 Å². The van der Waals surface area contributed by atoms with Crippen molar-refractivity contribution in [2.75, 3.05) is 13.2 Å². The molecule has 0 bridgehead atoms. The van der Waals surface area contributed by atoms with Gasteiger partial charge in [-0.15, -0.1) is 11.8 Å². The van der Waals surface area contributed by atoms with Gasteiger partial charge in [0, 0.05) is 10.6 Å². The van der Waals surface area contributed by atoms with E-state index in [0.29, 0.717) is 19.1 Å². The molecule has 1 aliphatic heterocycles. The molecule has 0 radical (unpaired) electrons. The Morgan fingerprint density at radius 2 is 1.90 bits per heavy atom. The van der Waals surface area contributed by atoms with E-state index in [1.54, 1.807) is 11.8 Å². The Kier molecular flexibility index (Phi) is 4.46. The van der Waals surface area contributed by atoms with Gasteiger partial charge >= 0.3 is 0 Å². The Balaban J connectivity index is 1.85. The second-order valence-corrected chi connectivity index (χ2v) is 5.82. The fourth-order valence-corrected chi connectivity index (χ4v) is 3.28. The first kappa shape index (κ1) is 14.0. The summed E-state index contributed by atoms with van der Waals surface area (Å²) >= 11 is 1.79. The highest BCUT2D eigenvalue weighted by atomic mass is 32.2. The van der Waals surface area contributed by atoms with Gasteiger partial charge in [-0.25, -0.2) is 0 Å². The molecule has 0 atom stereocenters. The highest BCUT2D eigenvalue weighted by Crippen LogP contribution is 2.29. The maximum absolute atomic E-state index is 5.65. The van der Waals surface area contributed by atoms with Crippen LogP contribution in [0.2, 0.25) is 0 Å². The van der Waals surface area contributed by atoms with Crippen LogP contribution in [-0.2, 0) is 15.3 Å². The van der Waals surface area contributed by atoms with Crippen molar-refractivity contribution in [1.29, 1.82) is 0 Å². The van der Waals surface area contributed by atoms with Crippen molar-refractivity contribution in [2.45, 2.75) is 17.6 Å². The lowest BCUT2D eigenvalue weighted by atomic mass is 10.1. The third-order valence-electron chi connectivity index (χ3n) is 3.25. The molecule has 1 heterocycles. The molecule has 0 spiro atoms. The summed E-state index contributed by atoms with van der Waals surface area (Å²) in [7, 11) is 0. The fraction of sp³-hybridized carbons (Fsp3) is 0.235. The van der Waals surface area contributed by atoms with E-state index in [2.05, 4.69) is 54.5 Å². The molecule has 0 aliphatic carbocycles. The highest BCUT2D eigenvalue weighted by Gasteiger charge is 2.17. The summed E-state index contributed by atoms with van der Waals surface area (Å²) in [5, 5.41) is 4.06. The van der Waals surface area contributed by atoms with Gasteiger partial charge in [-0.1, -0.05) is 42.5 Å². The van der Waals surface area contributed by atoms with Crippen molar-refractivity contribution in [2.24, 2.45) is 5.16 Å². The van der Waals surface area contributed by atoms with Crippen molar-refractivity contribution in [3.8, 4) is 0 Å². The molecule has 0 N–H and O–H groups in total. The van der Waals surface area contributed by atoms with Gasteiger partial charge in [-0.05, 0) is 29.3 Å². The van der Waals surface area contributed by atoms with E-state index in [0.717, 1.165) is 16.9 Å². The zero-order valence-electron chi connectivity index (χ0n) is 11.9. The quantitative estimate of drug-likeness (QED) is 0.800. The zero-order valence-corrected chi connectivity index (χ0v) is 12.7. The fourth-order valence-electron chi connectivity index (χ4n) is 2.19. The summed E-state index contributed by atoms with van der Waals surface area (Å²) in [6.07, 6.45) is 0. The highest BCUT2D eigenvalue weighted by molar-refractivity contribution is 7.98. The van der Waals surface area contributed by atoms with Crippen molar-refractivity contribution < 1.29 is 9.57 Å². The van der Waals surface area contributed by atoms with Gasteiger partial charge in [0.05, 0.1) is 5.56 Å². The Hall–Kier alpha value is -1.94. The SMILES string of the molecule is Cc1cccc(SCc2ccccc2)c1C1=NOCCO1. The Labute approximate surface area is 129 Å². The van der Waals surface area contributed by atoms with Crippen molar-refractivity contribution >= 4 is 17.7 Å². The lowest BCUT2D eigenvalue weighted by Crippen LogP contribution is -2.18. The maximum atomic E-state index is 5.65. The Morgan fingerprint density at radius 3 is 2.67 bits per heavy atom. The summed E-state index contributed by atoms with van der Waals surface area (Å²) in [6.45, 7) is 3.14. The molecular weight excluding hydrogens is 282 g/mol. The number of aryl methyl sites for hydroxylation is 1. The minimum atomic E-state index is 0.516. The standard InChI is InChI=1S/C17H17NO2S/c1-13-6-5-9-15(16(13)17-18-20-11-10-19-17)21-12-14-7-3-2-4-8-14/h2-9H,10-12H2,1H3. The van der Waals surface area contributed by atoms with E-state index in [1.807, 2.05) is 6.07 Å². The number of hydrogen-bond acceptors (Lipinski definition) is 4. The molecule has 0 fully saturated rings. The Bertz CT molecular complexity index is 640. The van der Waals surface area contributed by atoms with Gasteiger partial charge in [0.15, 0.2) is 6.61 Å². The molecule has 3 nitrogen and oxygen atoms in total. The van der Waals surface area contributed by atoms with Crippen LogP contribution in [0.4, 0.5) is 0 Å². The van der Waals surface area contributed by atoms with Gasteiger partial charge < -0.3 is 9.57 Å². The second-order valence-electron chi connectivity index (χ2n) is 4.80. The minimum Gasteiger partial charge on any atom is -0.471 e. The van der Waals surface area contributed by atoms with Gasteiger partial charge in [-0.3, -0.25) is 0 Å². The van der Waals surface area contributed by atoms with Gasteiger partial charge in [0.25, 0.3) is 5.90 Å². The van der Waals surface area contributed by atoms with Gasteiger partial charge in [-0.2, -0.15) is 0 Å². The van der Waals surface area contributed by atoms with Crippen molar-refractivity contribution in [3.63, 3.8) is 0 Å². The van der Waals surface area contributed by atoms with Gasteiger partial charge in [0.2, 0.25) is 0 Å². The summed E-state index contributed by atoms with van der Waals surface area (Å²) < 4.78 is 5.65. The number of oxime groups is 1. The van der Waals surface area contributed by atoms with Crippen LogP contribution in [0.5, 0.6) is 0 Å². The summed E-state index contributed by atoms with van der Waals surface area (Å²) in [5.41, 5.74) is 3.49. The van der Waals surface area contributed by atoms with E-state index in [4.69, 9.17) is 9.57 Å². The van der Waals surface area contributed by atoms with Crippen LogP contribution in [-0.4, -0.2) is 19.1 Å². The smallest absolute Gasteiger partial charge is 0.259 e. The molecule has 3 rings (SSSR count). The average molecular weight is 299 g/mol. The molecule has 0 amide bonds. The summed E-state index contributed by atoms with van der Waals surface area (Å²) in [5.74, 6) is 1.51. The van der Waals surface area contributed by atoms with Crippen LogP contribution in [0.1, 0.15) is 16.7 Å². The van der Waals surface area contributed by atoms with Crippen LogP contribution in [0.25, 0.3) is 0 Å². The van der Waals surface area contributed by atoms with E-state index >= 15 is 0 Å². The number of benzene rings is 2. The number of rotatable bonds is 4. The third-order valence-corrected chi connectivity index (χ3v) is 4.38. The zero-order chi connectivity index (χ0) is 14.5. The lowest BCUT2D eigenvalue weighted by Gasteiger charge is -2.17. The first-order valence-corrected chi connectivity index (χ1v) is 7.92. The van der Waals surface area contributed by atoms with E-state index < -0.39 is 0 Å². The number of nitrogens with zero attached hydrogens (tertiary/aromatic N) is 1. The summed E-state index contributed by atoms with van der Waals surface area (Å²) in [6, 6.07) is 16.7. The minimum absolute atomic E-state index is 0.516. The molecule has 4 heteroatoms. The molecule has 0 saturated carbocycles. The van der Waals surface area contributed by atoms with Crippen molar-refractivity contribution in [3.05, 3.63) is 65.2 Å². The average Bonchev–Trinajstić information content (AvgIpc) is 2.55. The van der Waals surface area contributed by atoms with E-state index in [-0.39, 0.29) is 0 Å². The molecule has 2 aromatic rings. The van der Waals surface area contributed by atoms with Crippen LogP contribution < -0.4 is 0 Å². The topological polar surface area (TPSA) is 30.8 Å². The molecule has 0 saturated heterocycles. The summed E-state index contributed by atoms with van der Waals surface area (Å²) in [4.78, 5) is 6.33. The molecule has 2 aromatic carbocycles. The van der Waals surface area contributed by atoms with Crippen LogP contribution in [0.3, 0.4) is 0 Å². The maximum Gasteiger partial charge on any atom is 0.259 e. The Morgan fingerprint density at radius 1 is 1.05 bits per heavy atom. The largest absolute Gasteiger partial charge is 0.471 e. The monoisotopic (exact) mass is 299 g/mol. The molecule has 21 heavy (non-hydrogen) atoms. The van der Waals surface area contributed by atoms with Gasteiger partial charge in [0.1, 0.15) is 6.61 Å². The number of hydrogen-bond donors (Lipinski definition) is 0. The number of ether oxygens (including phenoxy) is 1. The molecule has 1 aliphatic rings. The van der Waals surface area contributed by atoms with Crippen LogP contribution in [0.15, 0.2) is 58.6 Å². The van der Waals surface area contributed by atoms with Crippen LogP contribution in [0, 0.1) is 6.92 Å². The lowest BCUT2D eigenvalue weighted by molar-refractivity contribution is 0.0653. The van der Waals surface area contributed by atoms with E-state index in [1.165, 1.54) is 10.5 Å². The van der Waals surface area contributed by atoms with E-state index in [9.17, 15) is 0 Å². The predicted octanol–water partition coefficient (Wildman–Crippen LogP) is 4.00.